The van der Waals surface area contributed by atoms with Gasteiger partial charge in [-0.3, -0.25) is 0 Å². The van der Waals surface area contributed by atoms with Gasteiger partial charge in [-0.05, 0) is 32.2 Å². The Kier molecular flexibility index (Phi) is 5.94. The SMILES string of the molecule is CC=C(Cl)c1c(C(=O)OCC)csc1/N=C(\C)c1cccs1. The normalized spacial score (nSPS) is 12.5. The van der Waals surface area contributed by atoms with Crippen molar-refractivity contribution >= 4 is 56.0 Å². The van der Waals surface area contributed by atoms with E-state index in [1.54, 1.807) is 29.7 Å². The van der Waals surface area contributed by atoms with E-state index in [0.717, 1.165) is 15.6 Å². The molecule has 0 spiro atoms. The van der Waals surface area contributed by atoms with E-state index in [2.05, 4.69) is 4.99 Å². The number of ether oxygens (including phenoxy) is 1. The van der Waals surface area contributed by atoms with Gasteiger partial charge in [-0.15, -0.1) is 22.7 Å². The molecule has 2 rings (SSSR count). The highest BCUT2D eigenvalue weighted by molar-refractivity contribution is 7.15. The van der Waals surface area contributed by atoms with Gasteiger partial charge in [0.05, 0.1) is 17.9 Å². The topological polar surface area (TPSA) is 38.7 Å². The Morgan fingerprint density at radius 3 is 2.82 bits per heavy atom. The largest absolute Gasteiger partial charge is 0.462 e. The maximum Gasteiger partial charge on any atom is 0.339 e. The van der Waals surface area contributed by atoms with Gasteiger partial charge in [-0.2, -0.15) is 0 Å². The first-order valence-corrected chi connectivity index (χ1v) is 8.92. The van der Waals surface area contributed by atoms with Gasteiger partial charge in [0.25, 0.3) is 0 Å². The number of allylic oxidation sites excluding steroid dienone is 1. The van der Waals surface area contributed by atoms with E-state index in [1.807, 2.05) is 31.4 Å². The number of halogens is 1. The molecule has 0 atom stereocenters. The van der Waals surface area contributed by atoms with Crippen molar-refractivity contribution in [2.24, 2.45) is 4.99 Å². The summed E-state index contributed by atoms with van der Waals surface area (Å²) in [6.07, 6.45) is 1.76. The summed E-state index contributed by atoms with van der Waals surface area (Å²) in [4.78, 5) is 17.8. The highest BCUT2D eigenvalue weighted by Gasteiger charge is 2.21. The van der Waals surface area contributed by atoms with Crippen LogP contribution in [-0.2, 0) is 4.74 Å². The molecule has 0 N–H and O–H groups in total. The first-order valence-electron chi connectivity index (χ1n) is 6.78. The maximum atomic E-state index is 12.1. The van der Waals surface area contributed by atoms with E-state index >= 15 is 0 Å². The Hall–Kier alpha value is -1.43. The summed E-state index contributed by atoms with van der Waals surface area (Å²) in [6, 6.07) is 4.00. The lowest BCUT2D eigenvalue weighted by Gasteiger charge is -2.05. The maximum absolute atomic E-state index is 12.1. The molecule has 2 aromatic heterocycles. The molecule has 0 aromatic carbocycles. The Morgan fingerprint density at radius 2 is 2.23 bits per heavy atom. The molecule has 0 fully saturated rings. The summed E-state index contributed by atoms with van der Waals surface area (Å²) in [7, 11) is 0. The fraction of sp³-hybridized carbons (Fsp3) is 0.250. The lowest BCUT2D eigenvalue weighted by molar-refractivity contribution is 0.0527. The predicted molar refractivity (Wildman–Crippen MR) is 96.0 cm³/mol. The van der Waals surface area contributed by atoms with Gasteiger partial charge in [0.15, 0.2) is 0 Å². The molecule has 0 aliphatic heterocycles. The molecule has 2 heterocycles. The van der Waals surface area contributed by atoms with E-state index in [-0.39, 0.29) is 5.97 Å². The summed E-state index contributed by atoms with van der Waals surface area (Å²) in [5, 5.41) is 4.98. The second-order valence-electron chi connectivity index (χ2n) is 4.36. The molecule has 0 saturated carbocycles. The molecule has 2 aromatic rings. The molecule has 6 heteroatoms. The number of aliphatic imine (C=N–C) groups is 1. The minimum atomic E-state index is -0.371. The fourth-order valence-electron chi connectivity index (χ4n) is 1.86. The zero-order valence-electron chi connectivity index (χ0n) is 12.6. The van der Waals surface area contributed by atoms with Crippen LogP contribution in [0, 0.1) is 0 Å². The van der Waals surface area contributed by atoms with Gasteiger partial charge in [0, 0.05) is 20.9 Å². The highest BCUT2D eigenvalue weighted by atomic mass is 35.5. The third-order valence-electron chi connectivity index (χ3n) is 2.91. The Morgan fingerprint density at radius 1 is 1.45 bits per heavy atom. The van der Waals surface area contributed by atoms with Crippen molar-refractivity contribution in [3.63, 3.8) is 0 Å². The summed E-state index contributed by atoms with van der Waals surface area (Å²) in [5.74, 6) is -0.371. The molecular weight excluding hydrogens is 338 g/mol. The Balaban J connectivity index is 2.48. The van der Waals surface area contributed by atoms with Crippen LogP contribution < -0.4 is 0 Å². The fourth-order valence-corrected chi connectivity index (χ4v) is 3.75. The lowest BCUT2D eigenvalue weighted by atomic mass is 10.1. The average molecular weight is 354 g/mol. The third kappa shape index (κ3) is 3.66. The molecule has 3 nitrogen and oxygen atoms in total. The van der Waals surface area contributed by atoms with E-state index in [4.69, 9.17) is 16.3 Å². The monoisotopic (exact) mass is 353 g/mol. The molecule has 0 unspecified atom stereocenters. The van der Waals surface area contributed by atoms with Crippen LogP contribution in [0.1, 0.15) is 41.6 Å². The summed E-state index contributed by atoms with van der Waals surface area (Å²) in [6.45, 7) is 5.88. The van der Waals surface area contributed by atoms with E-state index in [9.17, 15) is 4.79 Å². The minimum absolute atomic E-state index is 0.328. The minimum Gasteiger partial charge on any atom is -0.462 e. The van der Waals surface area contributed by atoms with Crippen molar-refractivity contribution in [3.8, 4) is 0 Å². The number of carbonyl (C=O) groups is 1. The summed E-state index contributed by atoms with van der Waals surface area (Å²) in [5.41, 5.74) is 2.00. The van der Waals surface area contributed by atoms with Crippen molar-refractivity contribution in [1.82, 2.24) is 0 Å². The van der Waals surface area contributed by atoms with Crippen molar-refractivity contribution in [2.75, 3.05) is 6.61 Å². The van der Waals surface area contributed by atoms with Crippen molar-refractivity contribution < 1.29 is 9.53 Å². The summed E-state index contributed by atoms with van der Waals surface area (Å²) >= 11 is 9.31. The quantitative estimate of drug-likeness (QED) is 0.508. The Labute approximate surface area is 142 Å². The van der Waals surface area contributed by atoms with Crippen LogP contribution in [0.25, 0.3) is 5.03 Å². The first kappa shape index (κ1) is 16.9. The van der Waals surface area contributed by atoms with Gasteiger partial charge >= 0.3 is 5.97 Å². The van der Waals surface area contributed by atoms with E-state index in [1.165, 1.54) is 11.3 Å². The molecule has 0 amide bonds. The molecule has 22 heavy (non-hydrogen) atoms. The number of nitrogens with zero attached hydrogens (tertiary/aromatic N) is 1. The van der Waals surface area contributed by atoms with Crippen LogP contribution in [0.2, 0.25) is 0 Å². The number of carbonyl (C=O) groups excluding carboxylic acids is 1. The standard InChI is InChI=1S/C16H16ClNO2S2/c1-4-12(17)14-11(16(19)20-5-2)9-22-15(14)18-10(3)13-7-6-8-21-13/h4,6-9H,5H2,1-3H3/b12-4?,18-10+. The smallest absolute Gasteiger partial charge is 0.339 e. The Bertz CT molecular complexity index is 715. The number of hydrogen-bond donors (Lipinski definition) is 0. The number of esters is 1. The zero-order chi connectivity index (χ0) is 16.1. The van der Waals surface area contributed by atoms with Crippen LogP contribution in [0.3, 0.4) is 0 Å². The molecule has 0 radical (unpaired) electrons. The first-order chi connectivity index (χ1) is 10.6. The predicted octanol–water partition coefficient (Wildman–Crippen LogP) is 5.73. The molecule has 0 bridgehead atoms. The third-order valence-corrected chi connectivity index (χ3v) is 5.16. The molecule has 0 aliphatic rings. The highest BCUT2D eigenvalue weighted by Crippen LogP contribution is 2.39. The van der Waals surface area contributed by atoms with Crippen LogP contribution >= 0.6 is 34.3 Å². The molecule has 0 aliphatic carbocycles. The van der Waals surface area contributed by atoms with E-state index < -0.39 is 0 Å². The second kappa shape index (κ2) is 7.72. The molecule has 0 saturated heterocycles. The van der Waals surface area contributed by atoms with Crippen molar-refractivity contribution in [3.05, 3.63) is 45.0 Å². The van der Waals surface area contributed by atoms with Crippen LogP contribution in [-0.4, -0.2) is 18.3 Å². The average Bonchev–Trinajstić information content (AvgIpc) is 3.16. The van der Waals surface area contributed by atoms with Crippen LogP contribution in [0.4, 0.5) is 5.00 Å². The zero-order valence-corrected chi connectivity index (χ0v) is 14.9. The van der Waals surface area contributed by atoms with E-state index in [0.29, 0.717) is 22.8 Å². The number of rotatable bonds is 5. The number of hydrogen-bond acceptors (Lipinski definition) is 5. The van der Waals surface area contributed by atoms with Crippen LogP contribution in [0.15, 0.2) is 34.0 Å². The van der Waals surface area contributed by atoms with Gasteiger partial charge in [0.2, 0.25) is 0 Å². The molecular formula is C16H16ClNO2S2. The van der Waals surface area contributed by atoms with Crippen molar-refractivity contribution in [2.45, 2.75) is 20.8 Å². The van der Waals surface area contributed by atoms with Gasteiger partial charge in [0.1, 0.15) is 5.00 Å². The molecule has 116 valence electrons. The lowest BCUT2D eigenvalue weighted by Crippen LogP contribution is -2.05. The van der Waals surface area contributed by atoms with Crippen LogP contribution in [0.5, 0.6) is 0 Å². The van der Waals surface area contributed by atoms with Gasteiger partial charge in [-0.25, -0.2) is 9.79 Å². The van der Waals surface area contributed by atoms with Crippen molar-refractivity contribution in [1.29, 1.82) is 0 Å². The summed E-state index contributed by atoms with van der Waals surface area (Å²) < 4.78 is 5.09. The second-order valence-corrected chi connectivity index (χ2v) is 6.57. The van der Waals surface area contributed by atoms with Gasteiger partial charge in [-0.1, -0.05) is 23.7 Å². The number of thiophene rings is 2. The van der Waals surface area contributed by atoms with Gasteiger partial charge < -0.3 is 4.74 Å².